The molecule has 0 fully saturated rings. The lowest BCUT2D eigenvalue weighted by atomic mass is 10.1. The first-order valence-corrected chi connectivity index (χ1v) is 7.06. The molecule has 0 saturated heterocycles. The number of carbonyl (C=O) groups is 2. The zero-order valence-corrected chi connectivity index (χ0v) is 12.4. The Balaban J connectivity index is 1.78. The van der Waals surface area contributed by atoms with Crippen LogP contribution in [0.2, 0.25) is 0 Å². The van der Waals surface area contributed by atoms with Gasteiger partial charge in [0.1, 0.15) is 0 Å². The molecule has 0 saturated carbocycles. The Labute approximate surface area is 129 Å². The summed E-state index contributed by atoms with van der Waals surface area (Å²) in [7, 11) is 1.33. The number of amides is 1. The minimum Gasteiger partial charge on any atom is -0.465 e. The molecule has 0 unspecified atom stereocenters. The molecule has 1 heterocycles. The summed E-state index contributed by atoms with van der Waals surface area (Å²) in [6.45, 7) is 0. The molecular formula is C17H18N2O3. The lowest BCUT2D eigenvalue weighted by Gasteiger charge is -2.06. The summed E-state index contributed by atoms with van der Waals surface area (Å²) < 4.78 is 4.62. The Kier molecular flexibility index (Phi) is 5.65. The van der Waals surface area contributed by atoms with Crippen molar-refractivity contribution in [2.75, 3.05) is 12.4 Å². The van der Waals surface area contributed by atoms with Crippen molar-refractivity contribution in [3.05, 3.63) is 59.9 Å². The van der Waals surface area contributed by atoms with Gasteiger partial charge in [-0.15, -0.1) is 0 Å². The van der Waals surface area contributed by atoms with Crippen LogP contribution in [-0.2, 0) is 16.0 Å². The van der Waals surface area contributed by atoms with E-state index < -0.39 is 5.97 Å². The highest BCUT2D eigenvalue weighted by molar-refractivity contribution is 5.93. The monoisotopic (exact) mass is 298 g/mol. The molecule has 0 atom stereocenters. The zero-order valence-electron chi connectivity index (χ0n) is 12.4. The van der Waals surface area contributed by atoms with Gasteiger partial charge in [-0.25, -0.2) is 4.79 Å². The summed E-state index contributed by atoms with van der Waals surface area (Å²) in [4.78, 5) is 27.2. The highest BCUT2D eigenvalue weighted by Gasteiger charge is 2.06. The number of carbonyl (C=O) groups excluding carboxylic acids is 2. The number of nitrogens with zero attached hydrogens (tertiary/aromatic N) is 1. The van der Waals surface area contributed by atoms with Crippen molar-refractivity contribution >= 4 is 17.6 Å². The normalized spacial score (nSPS) is 10.0. The SMILES string of the molecule is COC(=O)c1ccc(NC(=O)CCCc2cccnc2)cc1. The molecule has 1 amide bonds. The lowest BCUT2D eigenvalue weighted by Crippen LogP contribution is -2.11. The van der Waals surface area contributed by atoms with E-state index in [1.54, 1.807) is 30.5 Å². The van der Waals surface area contributed by atoms with Crippen LogP contribution in [-0.4, -0.2) is 24.0 Å². The second-order valence-electron chi connectivity index (χ2n) is 4.83. The fraction of sp³-hybridized carbons (Fsp3) is 0.235. The van der Waals surface area contributed by atoms with Gasteiger partial charge >= 0.3 is 5.97 Å². The Hall–Kier alpha value is -2.69. The number of benzene rings is 1. The molecule has 0 radical (unpaired) electrons. The number of ether oxygens (including phenoxy) is 1. The number of rotatable bonds is 6. The third-order valence-corrected chi connectivity index (χ3v) is 3.18. The average molecular weight is 298 g/mol. The van der Waals surface area contributed by atoms with E-state index in [1.165, 1.54) is 7.11 Å². The lowest BCUT2D eigenvalue weighted by molar-refractivity contribution is -0.116. The Bertz CT molecular complexity index is 624. The maximum absolute atomic E-state index is 11.9. The molecule has 0 aliphatic carbocycles. The predicted octanol–water partition coefficient (Wildman–Crippen LogP) is 2.83. The average Bonchev–Trinajstić information content (AvgIpc) is 2.56. The maximum Gasteiger partial charge on any atom is 0.337 e. The summed E-state index contributed by atoms with van der Waals surface area (Å²) in [5, 5.41) is 2.81. The number of esters is 1. The Morgan fingerprint density at radius 2 is 1.95 bits per heavy atom. The molecular weight excluding hydrogens is 280 g/mol. The van der Waals surface area contributed by atoms with Crippen molar-refractivity contribution in [2.45, 2.75) is 19.3 Å². The van der Waals surface area contributed by atoms with Crippen molar-refractivity contribution in [3.63, 3.8) is 0 Å². The van der Waals surface area contributed by atoms with E-state index in [4.69, 9.17) is 0 Å². The highest BCUT2D eigenvalue weighted by atomic mass is 16.5. The van der Waals surface area contributed by atoms with Crippen LogP contribution in [0.5, 0.6) is 0 Å². The number of methoxy groups -OCH3 is 1. The number of hydrogen-bond acceptors (Lipinski definition) is 4. The first kappa shape index (κ1) is 15.7. The fourth-order valence-electron chi connectivity index (χ4n) is 2.03. The molecule has 114 valence electrons. The number of aromatic nitrogens is 1. The van der Waals surface area contributed by atoms with Crippen LogP contribution in [0.15, 0.2) is 48.8 Å². The number of aryl methyl sites for hydroxylation is 1. The quantitative estimate of drug-likeness (QED) is 0.833. The number of anilines is 1. The summed E-state index contributed by atoms with van der Waals surface area (Å²) in [5.74, 6) is -0.441. The second-order valence-corrected chi connectivity index (χ2v) is 4.83. The third kappa shape index (κ3) is 4.70. The number of pyridine rings is 1. The van der Waals surface area contributed by atoms with E-state index in [9.17, 15) is 9.59 Å². The molecule has 22 heavy (non-hydrogen) atoms. The van der Waals surface area contributed by atoms with Crippen molar-refractivity contribution in [2.24, 2.45) is 0 Å². The van der Waals surface area contributed by atoms with Gasteiger partial charge in [0.25, 0.3) is 0 Å². The van der Waals surface area contributed by atoms with Gasteiger partial charge in [0.15, 0.2) is 0 Å². The molecule has 0 aliphatic rings. The summed E-state index contributed by atoms with van der Waals surface area (Å²) in [6, 6.07) is 10.5. The van der Waals surface area contributed by atoms with Crippen molar-refractivity contribution in [1.29, 1.82) is 0 Å². The largest absolute Gasteiger partial charge is 0.465 e. The summed E-state index contributed by atoms with van der Waals surface area (Å²) in [6.07, 6.45) is 5.56. The first-order valence-electron chi connectivity index (χ1n) is 7.06. The van der Waals surface area contributed by atoms with E-state index in [2.05, 4.69) is 15.0 Å². The van der Waals surface area contributed by atoms with Crippen LogP contribution in [0.4, 0.5) is 5.69 Å². The molecule has 0 spiro atoms. The molecule has 2 rings (SSSR count). The zero-order chi connectivity index (χ0) is 15.8. The smallest absolute Gasteiger partial charge is 0.337 e. The van der Waals surface area contributed by atoms with Gasteiger partial charge in [0, 0.05) is 24.5 Å². The van der Waals surface area contributed by atoms with Crippen molar-refractivity contribution in [1.82, 2.24) is 4.98 Å². The fourth-order valence-corrected chi connectivity index (χ4v) is 2.03. The first-order chi connectivity index (χ1) is 10.7. The minimum absolute atomic E-state index is 0.0466. The van der Waals surface area contributed by atoms with E-state index in [-0.39, 0.29) is 5.91 Å². The van der Waals surface area contributed by atoms with E-state index in [1.807, 2.05) is 18.3 Å². The molecule has 1 aromatic heterocycles. The summed E-state index contributed by atoms with van der Waals surface area (Å²) >= 11 is 0. The Morgan fingerprint density at radius 3 is 2.59 bits per heavy atom. The van der Waals surface area contributed by atoms with Gasteiger partial charge in [-0.05, 0) is 48.7 Å². The van der Waals surface area contributed by atoms with Crippen LogP contribution < -0.4 is 5.32 Å². The standard InChI is InChI=1S/C17H18N2O3/c1-22-17(21)14-7-9-15(10-8-14)19-16(20)6-2-4-13-5-3-11-18-12-13/h3,5,7-12H,2,4,6H2,1H3,(H,19,20). The molecule has 5 heteroatoms. The van der Waals surface area contributed by atoms with Gasteiger partial charge in [-0.3, -0.25) is 9.78 Å². The summed E-state index contributed by atoms with van der Waals surface area (Å²) in [5.41, 5.74) is 2.24. The predicted molar refractivity (Wildman–Crippen MR) is 83.6 cm³/mol. The molecule has 0 bridgehead atoms. The molecule has 2 aromatic rings. The minimum atomic E-state index is -0.394. The van der Waals surface area contributed by atoms with Gasteiger partial charge in [-0.1, -0.05) is 6.07 Å². The van der Waals surface area contributed by atoms with Crippen LogP contribution in [0.25, 0.3) is 0 Å². The second kappa shape index (κ2) is 7.93. The van der Waals surface area contributed by atoms with E-state index >= 15 is 0 Å². The van der Waals surface area contributed by atoms with Gasteiger partial charge in [0.2, 0.25) is 5.91 Å². The van der Waals surface area contributed by atoms with Gasteiger partial charge in [-0.2, -0.15) is 0 Å². The highest BCUT2D eigenvalue weighted by Crippen LogP contribution is 2.11. The van der Waals surface area contributed by atoms with Crippen molar-refractivity contribution in [3.8, 4) is 0 Å². The topological polar surface area (TPSA) is 68.3 Å². The number of hydrogen-bond donors (Lipinski definition) is 1. The maximum atomic E-state index is 11.9. The van der Waals surface area contributed by atoms with Gasteiger partial charge in [0.05, 0.1) is 12.7 Å². The van der Waals surface area contributed by atoms with Crippen LogP contribution in [0.3, 0.4) is 0 Å². The molecule has 1 N–H and O–H groups in total. The van der Waals surface area contributed by atoms with E-state index in [0.29, 0.717) is 17.7 Å². The van der Waals surface area contributed by atoms with Crippen LogP contribution in [0, 0.1) is 0 Å². The van der Waals surface area contributed by atoms with Crippen molar-refractivity contribution < 1.29 is 14.3 Å². The van der Waals surface area contributed by atoms with E-state index in [0.717, 1.165) is 18.4 Å². The molecule has 0 aliphatic heterocycles. The molecule has 1 aromatic carbocycles. The third-order valence-electron chi connectivity index (χ3n) is 3.18. The van der Waals surface area contributed by atoms with Crippen LogP contribution >= 0.6 is 0 Å². The number of nitrogens with one attached hydrogen (secondary N) is 1. The molecule has 5 nitrogen and oxygen atoms in total. The van der Waals surface area contributed by atoms with Crippen LogP contribution in [0.1, 0.15) is 28.8 Å². The van der Waals surface area contributed by atoms with Gasteiger partial charge < -0.3 is 10.1 Å². The Morgan fingerprint density at radius 1 is 1.18 bits per heavy atom.